The van der Waals surface area contributed by atoms with Gasteiger partial charge in [-0.15, -0.1) is 0 Å². The number of hydrogen-bond donors (Lipinski definition) is 2. The van der Waals surface area contributed by atoms with Gasteiger partial charge >= 0.3 is 6.18 Å². The van der Waals surface area contributed by atoms with Crippen LogP contribution in [0.4, 0.5) is 24.5 Å². The summed E-state index contributed by atoms with van der Waals surface area (Å²) in [7, 11) is 0. The highest BCUT2D eigenvalue weighted by Crippen LogP contribution is 2.53. The van der Waals surface area contributed by atoms with E-state index >= 15 is 0 Å². The summed E-state index contributed by atoms with van der Waals surface area (Å²) < 4.78 is 40.0. The highest BCUT2D eigenvalue weighted by Gasteiger charge is 2.48. The Kier molecular flexibility index (Phi) is 5.04. The fourth-order valence-corrected chi connectivity index (χ4v) is 5.79. The molecule has 0 spiro atoms. The summed E-state index contributed by atoms with van der Waals surface area (Å²) in [6.45, 7) is 1.65. The van der Waals surface area contributed by atoms with E-state index < -0.39 is 40.0 Å². The lowest BCUT2D eigenvalue weighted by Crippen LogP contribution is -2.58. The van der Waals surface area contributed by atoms with Crippen LogP contribution in [0.2, 0.25) is 0 Å². The van der Waals surface area contributed by atoms with Crippen LogP contribution in [0.1, 0.15) is 44.6 Å². The van der Waals surface area contributed by atoms with Crippen LogP contribution in [0.15, 0.2) is 18.2 Å². The van der Waals surface area contributed by atoms with Gasteiger partial charge in [0.1, 0.15) is 0 Å². The van der Waals surface area contributed by atoms with E-state index in [2.05, 4.69) is 10.6 Å². The van der Waals surface area contributed by atoms with Crippen molar-refractivity contribution in [2.45, 2.75) is 57.3 Å². The Bertz CT molecular complexity index is 799. The van der Waals surface area contributed by atoms with Crippen LogP contribution >= 0.6 is 0 Å². The van der Waals surface area contributed by atoms with Gasteiger partial charge in [-0.1, -0.05) is 0 Å². The minimum atomic E-state index is -4.81. The second kappa shape index (κ2) is 7.27. The highest BCUT2D eigenvalue weighted by molar-refractivity contribution is 5.95. The minimum Gasteiger partial charge on any atom is -0.324 e. The maximum absolute atomic E-state index is 13.3. The van der Waals surface area contributed by atoms with Gasteiger partial charge < -0.3 is 10.6 Å². The molecule has 4 fully saturated rings. The lowest BCUT2D eigenvalue weighted by Gasteiger charge is -2.55. The SMILES string of the molecule is C[C@@H](NC1C2CC3CC(C2)CC1C3)C(=O)Nc1ccc([N+](=O)[O-])cc1C(F)(F)F. The average Bonchev–Trinajstić information content (AvgIpc) is 2.63. The smallest absolute Gasteiger partial charge is 0.324 e. The number of nitrogens with zero attached hydrogens (tertiary/aromatic N) is 1. The number of nitro groups is 1. The van der Waals surface area contributed by atoms with Crippen LogP contribution in [0.5, 0.6) is 0 Å². The summed E-state index contributed by atoms with van der Waals surface area (Å²) in [6, 6.07) is 1.91. The van der Waals surface area contributed by atoms with Crippen molar-refractivity contribution in [2.24, 2.45) is 23.7 Å². The third-order valence-electron chi connectivity index (χ3n) is 6.84. The first kappa shape index (κ1) is 20.1. The number of nitro benzene ring substituents is 1. The van der Waals surface area contributed by atoms with Crippen molar-refractivity contribution in [3.05, 3.63) is 33.9 Å². The number of amides is 1. The van der Waals surface area contributed by atoms with Crippen LogP contribution in [-0.4, -0.2) is 22.9 Å². The predicted octanol–water partition coefficient (Wildman–Crippen LogP) is 4.35. The Balaban J connectivity index is 1.46. The molecule has 0 heterocycles. The van der Waals surface area contributed by atoms with Crippen LogP contribution < -0.4 is 10.6 Å². The van der Waals surface area contributed by atoms with E-state index in [-0.39, 0.29) is 6.04 Å². The summed E-state index contributed by atoms with van der Waals surface area (Å²) in [6.07, 6.45) is 1.17. The molecular formula is C20H24F3N3O3. The first-order chi connectivity index (χ1) is 13.6. The number of benzene rings is 1. The molecule has 0 radical (unpaired) electrons. The van der Waals surface area contributed by atoms with Gasteiger partial charge in [0.15, 0.2) is 0 Å². The molecular weight excluding hydrogens is 387 g/mol. The third kappa shape index (κ3) is 3.97. The van der Waals surface area contributed by atoms with Crippen molar-refractivity contribution in [2.75, 3.05) is 5.32 Å². The van der Waals surface area contributed by atoms with Gasteiger partial charge in [-0.2, -0.15) is 13.2 Å². The van der Waals surface area contributed by atoms with E-state index in [1.165, 1.54) is 32.1 Å². The molecule has 1 aromatic rings. The second-order valence-electron chi connectivity index (χ2n) is 8.82. The molecule has 0 aliphatic heterocycles. The van der Waals surface area contributed by atoms with Gasteiger partial charge in [0, 0.05) is 18.2 Å². The fourth-order valence-electron chi connectivity index (χ4n) is 5.79. The van der Waals surface area contributed by atoms with Crippen molar-refractivity contribution in [1.82, 2.24) is 5.32 Å². The van der Waals surface area contributed by atoms with E-state index in [0.29, 0.717) is 17.9 Å². The van der Waals surface area contributed by atoms with E-state index in [9.17, 15) is 28.1 Å². The Morgan fingerprint density at radius 1 is 1.14 bits per heavy atom. The number of nitrogens with one attached hydrogen (secondary N) is 2. The topological polar surface area (TPSA) is 84.3 Å². The standard InChI is InChI=1S/C20H24F3N3O3/c1-10(24-18-13-5-11-4-12(7-13)8-14(18)6-11)19(27)25-17-3-2-15(26(28)29)9-16(17)20(21,22)23/h2-3,9-14,18,24H,4-8H2,1H3,(H,25,27)/t10-,11?,12?,13?,14?,18?/m1/s1. The molecule has 29 heavy (non-hydrogen) atoms. The molecule has 4 aliphatic rings. The van der Waals surface area contributed by atoms with E-state index in [1.54, 1.807) is 6.92 Å². The number of rotatable bonds is 5. The molecule has 0 unspecified atom stereocenters. The molecule has 4 bridgehead atoms. The van der Waals surface area contributed by atoms with Gasteiger partial charge in [0.05, 0.1) is 22.2 Å². The Hall–Kier alpha value is -2.16. The van der Waals surface area contributed by atoms with E-state index in [1.807, 2.05) is 0 Å². The lowest BCUT2D eigenvalue weighted by molar-refractivity contribution is -0.385. The van der Waals surface area contributed by atoms with Crippen molar-refractivity contribution in [1.29, 1.82) is 0 Å². The number of non-ortho nitro benzene ring substituents is 1. The summed E-state index contributed by atoms with van der Waals surface area (Å²) >= 11 is 0. The number of hydrogen-bond acceptors (Lipinski definition) is 4. The predicted molar refractivity (Wildman–Crippen MR) is 100 cm³/mol. The molecule has 6 nitrogen and oxygen atoms in total. The molecule has 4 aliphatic carbocycles. The van der Waals surface area contributed by atoms with Crippen LogP contribution in [0.3, 0.4) is 0 Å². The molecule has 0 aromatic heterocycles. The Morgan fingerprint density at radius 2 is 1.72 bits per heavy atom. The molecule has 1 atom stereocenters. The fraction of sp³-hybridized carbons (Fsp3) is 0.650. The van der Waals surface area contributed by atoms with Gasteiger partial charge in [-0.05, 0) is 68.8 Å². The van der Waals surface area contributed by atoms with E-state index in [0.717, 1.165) is 24.0 Å². The zero-order chi connectivity index (χ0) is 20.9. The molecule has 158 valence electrons. The first-order valence-electron chi connectivity index (χ1n) is 10.0. The average molecular weight is 411 g/mol. The maximum Gasteiger partial charge on any atom is 0.418 e. The summed E-state index contributed by atoms with van der Waals surface area (Å²) in [4.78, 5) is 22.5. The van der Waals surface area contributed by atoms with Crippen molar-refractivity contribution in [3.8, 4) is 0 Å². The van der Waals surface area contributed by atoms with Gasteiger partial charge in [-0.25, -0.2) is 0 Å². The monoisotopic (exact) mass is 411 g/mol. The number of carbonyl (C=O) groups is 1. The Morgan fingerprint density at radius 3 is 2.24 bits per heavy atom. The number of carbonyl (C=O) groups excluding carboxylic acids is 1. The summed E-state index contributed by atoms with van der Waals surface area (Å²) in [5.41, 5.74) is -2.36. The number of anilines is 1. The van der Waals surface area contributed by atoms with Crippen molar-refractivity contribution >= 4 is 17.3 Å². The van der Waals surface area contributed by atoms with Gasteiger partial charge in [0.25, 0.3) is 5.69 Å². The normalized spacial score (nSPS) is 31.5. The number of halogens is 3. The molecule has 0 saturated heterocycles. The third-order valence-corrected chi connectivity index (χ3v) is 6.84. The first-order valence-corrected chi connectivity index (χ1v) is 10.0. The quantitative estimate of drug-likeness (QED) is 0.557. The van der Waals surface area contributed by atoms with Crippen molar-refractivity contribution < 1.29 is 22.9 Å². The van der Waals surface area contributed by atoms with Crippen LogP contribution in [0.25, 0.3) is 0 Å². The molecule has 4 saturated carbocycles. The summed E-state index contributed by atoms with van der Waals surface area (Å²) in [5, 5.41) is 16.5. The van der Waals surface area contributed by atoms with Crippen LogP contribution in [-0.2, 0) is 11.0 Å². The zero-order valence-electron chi connectivity index (χ0n) is 16.0. The number of alkyl halides is 3. The van der Waals surface area contributed by atoms with E-state index in [4.69, 9.17) is 0 Å². The largest absolute Gasteiger partial charge is 0.418 e. The minimum absolute atomic E-state index is 0.225. The summed E-state index contributed by atoms with van der Waals surface area (Å²) in [5.74, 6) is 2.07. The van der Waals surface area contributed by atoms with Gasteiger partial charge in [-0.3, -0.25) is 14.9 Å². The molecule has 1 amide bonds. The Labute approximate surface area is 166 Å². The zero-order valence-corrected chi connectivity index (χ0v) is 16.0. The maximum atomic E-state index is 13.3. The lowest BCUT2D eigenvalue weighted by atomic mass is 9.54. The molecule has 5 rings (SSSR count). The van der Waals surface area contributed by atoms with Crippen molar-refractivity contribution in [3.63, 3.8) is 0 Å². The molecule has 9 heteroatoms. The second-order valence-corrected chi connectivity index (χ2v) is 8.82. The highest BCUT2D eigenvalue weighted by atomic mass is 19.4. The molecule has 2 N–H and O–H groups in total. The van der Waals surface area contributed by atoms with Gasteiger partial charge in [0.2, 0.25) is 5.91 Å². The molecule has 1 aromatic carbocycles. The van der Waals surface area contributed by atoms with Crippen LogP contribution in [0, 0.1) is 33.8 Å².